The van der Waals surface area contributed by atoms with Crippen LogP contribution in [0, 0.1) is 0 Å². The Kier molecular flexibility index (Phi) is 3.92. The maximum atomic E-state index is 12.2. The second-order valence-electron chi connectivity index (χ2n) is 4.95. The van der Waals surface area contributed by atoms with Crippen LogP contribution >= 0.6 is 0 Å². The van der Waals surface area contributed by atoms with Crippen molar-refractivity contribution in [2.75, 3.05) is 0 Å². The van der Waals surface area contributed by atoms with Gasteiger partial charge in [0.25, 0.3) is 5.91 Å². The minimum Gasteiger partial charge on any atom is -0.348 e. The van der Waals surface area contributed by atoms with E-state index in [4.69, 9.17) is 0 Å². The van der Waals surface area contributed by atoms with Gasteiger partial charge in [0.1, 0.15) is 0 Å². The lowest BCUT2D eigenvalue weighted by Gasteiger charge is -2.08. The van der Waals surface area contributed by atoms with Gasteiger partial charge in [0, 0.05) is 24.5 Å². The van der Waals surface area contributed by atoms with Crippen molar-refractivity contribution in [1.82, 2.24) is 10.3 Å². The third kappa shape index (κ3) is 2.86. The van der Waals surface area contributed by atoms with Crippen molar-refractivity contribution < 1.29 is 9.59 Å². The van der Waals surface area contributed by atoms with Gasteiger partial charge < -0.3 is 5.32 Å². The summed E-state index contributed by atoms with van der Waals surface area (Å²) in [5.74, 6) is -0.246. The summed E-state index contributed by atoms with van der Waals surface area (Å²) >= 11 is 0. The molecular formula is C18H14N2O2. The summed E-state index contributed by atoms with van der Waals surface area (Å²) < 4.78 is 0. The van der Waals surface area contributed by atoms with E-state index < -0.39 is 0 Å². The lowest BCUT2D eigenvalue weighted by molar-refractivity contribution is 0.0950. The molecule has 1 N–H and O–H groups in total. The summed E-state index contributed by atoms with van der Waals surface area (Å²) in [6.07, 6.45) is 3.55. The van der Waals surface area contributed by atoms with E-state index in [1.807, 2.05) is 42.5 Å². The van der Waals surface area contributed by atoms with Gasteiger partial charge in [-0.2, -0.15) is 0 Å². The van der Waals surface area contributed by atoms with Gasteiger partial charge in [0.15, 0.2) is 6.29 Å². The number of nitrogens with zero attached hydrogens (tertiary/aromatic N) is 1. The van der Waals surface area contributed by atoms with Crippen LogP contribution in [0.5, 0.6) is 0 Å². The fourth-order valence-electron chi connectivity index (χ4n) is 2.37. The Morgan fingerprint density at radius 1 is 1.09 bits per heavy atom. The lowest BCUT2D eigenvalue weighted by Crippen LogP contribution is -2.23. The molecule has 1 aromatic heterocycles. The molecule has 0 unspecified atom stereocenters. The molecule has 0 spiro atoms. The van der Waals surface area contributed by atoms with Crippen LogP contribution in [0.3, 0.4) is 0 Å². The van der Waals surface area contributed by atoms with E-state index >= 15 is 0 Å². The van der Waals surface area contributed by atoms with Crippen LogP contribution < -0.4 is 5.32 Å². The molecule has 0 bridgehead atoms. The van der Waals surface area contributed by atoms with Crippen molar-refractivity contribution in [3.63, 3.8) is 0 Å². The number of hydrogen-bond acceptors (Lipinski definition) is 3. The lowest BCUT2D eigenvalue weighted by atomic mass is 10.0. The van der Waals surface area contributed by atoms with Gasteiger partial charge in [-0.05, 0) is 22.4 Å². The number of fused-ring (bicyclic) bond motifs is 1. The average Bonchev–Trinajstić information content (AvgIpc) is 2.59. The van der Waals surface area contributed by atoms with Crippen molar-refractivity contribution in [3.8, 4) is 0 Å². The molecule has 108 valence electrons. The van der Waals surface area contributed by atoms with Crippen molar-refractivity contribution in [2.45, 2.75) is 6.54 Å². The Morgan fingerprint density at radius 3 is 2.77 bits per heavy atom. The Bertz CT molecular complexity index is 838. The second-order valence-corrected chi connectivity index (χ2v) is 4.95. The molecule has 0 aliphatic heterocycles. The molecule has 4 nitrogen and oxygen atoms in total. The highest BCUT2D eigenvalue weighted by Gasteiger charge is 2.08. The number of aldehydes is 1. The van der Waals surface area contributed by atoms with Crippen LogP contribution in [0.4, 0.5) is 0 Å². The number of hydrogen-bond donors (Lipinski definition) is 1. The van der Waals surface area contributed by atoms with E-state index in [1.165, 1.54) is 18.5 Å². The number of rotatable bonds is 4. The number of aromatic nitrogens is 1. The predicted molar refractivity (Wildman–Crippen MR) is 84.7 cm³/mol. The largest absolute Gasteiger partial charge is 0.348 e. The van der Waals surface area contributed by atoms with E-state index in [9.17, 15) is 9.59 Å². The first-order valence-corrected chi connectivity index (χ1v) is 6.93. The zero-order valence-electron chi connectivity index (χ0n) is 11.8. The first-order chi connectivity index (χ1) is 10.8. The molecule has 0 fully saturated rings. The first-order valence-electron chi connectivity index (χ1n) is 6.93. The highest BCUT2D eigenvalue weighted by molar-refractivity contribution is 5.95. The second kappa shape index (κ2) is 6.18. The summed E-state index contributed by atoms with van der Waals surface area (Å²) in [4.78, 5) is 26.8. The van der Waals surface area contributed by atoms with E-state index in [0.717, 1.165) is 16.3 Å². The molecule has 2 aromatic carbocycles. The van der Waals surface area contributed by atoms with Gasteiger partial charge in [0.2, 0.25) is 0 Å². The van der Waals surface area contributed by atoms with Crippen molar-refractivity contribution in [3.05, 3.63) is 77.6 Å². The summed E-state index contributed by atoms with van der Waals surface area (Å²) in [6, 6.07) is 15.6. The minimum absolute atomic E-state index is 0.246. The average molecular weight is 290 g/mol. The number of carbonyl (C=O) groups is 2. The molecule has 0 atom stereocenters. The van der Waals surface area contributed by atoms with Gasteiger partial charge in [-0.3, -0.25) is 14.6 Å². The van der Waals surface area contributed by atoms with Crippen LogP contribution in [0.2, 0.25) is 0 Å². The number of amides is 1. The van der Waals surface area contributed by atoms with E-state index in [2.05, 4.69) is 10.3 Å². The number of nitrogens with one attached hydrogen (secondary N) is 1. The van der Waals surface area contributed by atoms with Gasteiger partial charge in [-0.25, -0.2) is 0 Å². The van der Waals surface area contributed by atoms with Crippen molar-refractivity contribution in [2.24, 2.45) is 0 Å². The molecule has 3 aromatic rings. The highest BCUT2D eigenvalue weighted by Crippen LogP contribution is 2.18. The van der Waals surface area contributed by atoms with Gasteiger partial charge in [-0.15, -0.1) is 0 Å². The summed E-state index contributed by atoms with van der Waals surface area (Å²) in [5.41, 5.74) is 1.81. The zero-order chi connectivity index (χ0) is 15.4. The molecule has 0 saturated heterocycles. The van der Waals surface area contributed by atoms with Crippen molar-refractivity contribution in [1.29, 1.82) is 0 Å². The summed E-state index contributed by atoms with van der Waals surface area (Å²) in [6.45, 7) is 0.422. The molecule has 4 heteroatoms. The van der Waals surface area contributed by atoms with Gasteiger partial charge in [-0.1, -0.05) is 42.5 Å². The highest BCUT2D eigenvalue weighted by atomic mass is 16.1. The molecular weight excluding hydrogens is 276 g/mol. The molecule has 1 amide bonds. The maximum absolute atomic E-state index is 12.2. The number of pyridine rings is 1. The quantitative estimate of drug-likeness (QED) is 0.751. The smallest absolute Gasteiger partial charge is 0.253 e. The summed E-state index contributed by atoms with van der Waals surface area (Å²) in [5, 5.41) is 5.12. The van der Waals surface area contributed by atoms with Crippen LogP contribution in [0.1, 0.15) is 26.3 Å². The van der Waals surface area contributed by atoms with E-state index in [-0.39, 0.29) is 5.91 Å². The molecule has 0 saturated carbocycles. The van der Waals surface area contributed by atoms with E-state index in [1.54, 1.807) is 0 Å². The van der Waals surface area contributed by atoms with Crippen LogP contribution in [0.25, 0.3) is 10.8 Å². The fraction of sp³-hybridized carbons (Fsp3) is 0.0556. The molecule has 3 rings (SSSR count). The van der Waals surface area contributed by atoms with Gasteiger partial charge in [0.05, 0.1) is 5.56 Å². The molecule has 1 heterocycles. The zero-order valence-corrected chi connectivity index (χ0v) is 11.8. The topological polar surface area (TPSA) is 59.1 Å². The Labute approximate surface area is 127 Å². The molecule has 0 aliphatic rings. The standard InChI is InChI=1S/C18H14N2O2/c21-12-13-8-16(10-19-9-13)18(22)20-11-15-6-3-5-14-4-1-2-7-17(14)15/h1-10,12H,11H2,(H,20,22). The number of benzene rings is 2. The minimum atomic E-state index is -0.246. The Balaban J connectivity index is 1.79. The first kappa shape index (κ1) is 13.9. The molecule has 0 radical (unpaired) electrons. The van der Waals surface area contributed by atoms with Gasteiger partial charge >= 0.3 is 0 Å². The summed E-state index contributed by atoms with van der Waals surface area (Å²) in [7, 11) is 0. The Hall–Kier alpha value is -3.01. The van der Waals surface area contributed by atoms with Crippen LogP contribution in [-0.2, 0) is 6.54 Å². The van der Waals surface area contributed by atoms with Crippen molar-refractivity contribution >= 4 is 23.0 Å². The fourth-order valence-corrected chi connectivity index (χ4v) is 2.37. The third-order valence-electron chi connectivity index (χ3n) is 3.48. The third-order valence-corrected chi connectivity index (χ3v) is 3.48. The Morgan fingerprint density at radius 2 is 1.91 bits per heavy atom. The van der Waals surface area contributed by atoms with E-state index in [0.29, 0.717) is 24.0 Å². The number of carbonyl (C=O) groups excluding carboxylic acids is 2. The maximum Gasteiger partial charge on any atom is 0.253 e. The predicted octanol–water partition coefficient (Wildman–Crippen LogP) is 2.98. The SMILES string of the molecule is O=Cc1cncc(C(=O)NCc2cccc3ccccc23)c1. The molecule has 0 aliphatic carbocycles. The van der Waals surface area contributed by atoms with Crippen LogP contribution in [0.15, 0.2) is 60.9 Å². The molecule has 22 heavy (non-hydrogen) atoms. The normalized spacial score (nSPS) is 10.4. The van der Waals surface area contributed by atoms with Crippen LogP contribution in [-0.4, -0.2) is 17.2 Å². The monoisotopic (exact) mass is 290 g/mol.